The van der Waals surface area contributed by atoms with Gasteiger partial charge in [-0.25, -0.2) is 5.43 Å². The summed E-state index contributed by atoms with van der Waals surface area (Å²) < 4.78 is 2.61. The molecular weight excluding hydrogens is 223 g/mol. The molecule has 0 aliphatic heterocycles. The van der Waals surface area contributed by atoms with E-state index in [1.54, 1.807) is 7.05 Å². The third-order valence-electron chi connectivity index (χ3n) is 0.360. The van der Waals surface area contributed by atoms with Gasteiger partial charge in [-0.05, 0) is 7.05 Å². The first-order valence-corrected chi connectivity index (χ1v) is 3.02. The molecule has 0 amide bonds. The molecule has 0 bridgehead atoms. The van der Waals surface area contributed by atoms with Crippen LogP contribution in [-0.2, 0) is 0 Å². The molecule has 0 aliphatic rings. The average molecular weight is 232 g/mol. The molecule has 0 aliphatic carbocycles. The maximum Gasteiger partial charge on any atom is 0.0347 e. The Morgan fingerprint density at radius 2 is 1.62 bits per heavy atom. The van der Waals surface area contributed by atoms with Crippen LogP contribution in [0.3, 0.4) is 0 Å². The molecule has 50 valence electrons. The Kier molecular flexibility index (Phi) is 7.95. The van der Waals surface area contributed by atoms with Crippen molar-refractivity contribution >= 4 is 22.9 Å². The molecule has 7 heteroatoms. The van der Waals surface area contributed by atoms with Crippen LogP contribution in [0.25, 0.3) is 0 Å². The van der Waals surface area contributed by atoms with Crippen LogP contribution in [0.5, 0.6) is 0 Å². The van der Waals surface area contributed by atoms with Gasteiger partial charge in [-0.15, -0.1) is 0 Å². The normalized spacial score (nSPS) is 9.75. The SMILES string of the molecule is CNNNNNNI. The van der Waals surface area contributed by atoms with Crippen LogP contribution in [0.2, 0.25) is 0 Å². The third kappa shape index (κ3) is 6.49. The predicted octanol–water partition coefficient (Wildman–Crippen LogP) is -1.92. The van der Waals surface area contributed by atoms with Crippen molar-refractivity contribution in [1.82, 2.24) is 31.2 Å². The van der Waals surface area contributed by atoms with Gasteiger partial charge in [0.1, 0.15) is 0 Å². The van der Waals surface area contributed by atoms with Crippen LogP contribution in [0.15, 0.2) is 0 Å². The van der Waals surface area contributed by atoms with Gasteiger partial charge >= 0.3 is 0 Å². The van der Waals surface area contributed by atoms with Gasteiger partial charge in [-0.2, -0.15) is 25.8 Å². The van der Waals surface area contributed by atoms with Crippen LogP contribution in [-0.4, -0.2) is 7.05 Å². The van der Waals surface area contributed by atoms with E-state index in [0.29, 0.717) is 0 Å². The van der Waals surface area contributed by atoms with Crippen molar-refractivity contribution < 1.29 is 0 Å². The Bertz CT molecular complexity index is 33.5. The number of rotatable bonds is 5. The van der Waals surface area contributed by atoms with E-state index in [1.807, 2.05) is 22.9 Å². The number of hydrogen-bond acceptors (Lipinski definition) is 6. The molecular formula is CH9IN6. The molecule has 0 radical (unpaired) electrons. The van der Waals surface area contributed by atoms with Crippen molar-refractivity contribution in [1.29, 1.82) is 0 Å². The maximum atomic E-state index is 2.63. The summed E-state index contributed by atoms with van der Waals surface area (Å²) >= 11 is 1.93. The molecule has 0 fully saturated rings. The molecule has 0 saturated carbocycles. The van der Waals surface area contributed by atoms with Gasteiger partial charge in [0, 0.05) is 22.9 Å². The van der Waals surface area contributed by atoms with Crippen LogP contribution >= 0.6 is 22.9 Å². The van der Waals surface area contributed by atoms with Crippen molar-refractivity contribution in [3.05, 3.63) is 0 Å². The fourth-order valence-electron chi connectivity index (χ4n) is 0.149. The first-order valence-electron chi connectivity index (χ1n) is 1.94. The summed E-state index contributed by atoms with van der Waals surface area (Å²) in [6.07, 6.45) is 0. The zero-order chi connectivity index (χ0) is 6.24. The molecule has 0 heterocycles. The summed E-state index contributed by atoms with van der Waals surface area (Å²) in [7, 11) is 1.74. The molecule has 0 spiro atoms. The number of halogens is 1. The summed E-state index contributed by atoms with van der Waals surface area (Å²) in [5, 5.41) is 0. The van der Waals surface area contributed by atoms with E-state index in [-0.39, 0.29) is 0 Å². The molecule has 0 rings (SSSR count). The molecule has 0 saturated heterocycles. The van der Waals surface area contributed by atoms with E-state index < -0.39 is 0 Å². The van der Waals surface area contributed by atoms with Crippen LogP contribution in [0, 0.1) is 0 Å². The minimum Gasteiger partial charge on any atom is -0.246 e. The van der Waals surface area contributed by atoms with Gasteiger partial charge in [-0.1, -0.05) is 0 Å². The van der Waals surface area contributed by atoms with Crippen molar-refractivity contribution in [3.8, 4) is 0 Å². The van der Waals surface area contributed by atoms with E-state index in [4.69, 9.17) is 0 Å². The minimum atomic E-state index is 1.74. The third-order valence-corrected chi connectivity index (χ3v) is 0.629. The molecule has 6 nitrogen and oxygen atoms in total. The van der Waals surface area contributed by atoms with Crippen molar-refractivity contribution in [3.63, 3.8) is 0 Å². The number of hydrazine groups is 5. The standard InChI is InChI=1S/CH9IN6/c1-3-5-7-8-6-4-2/h3-8H,1H3. The zero-order valence-corrected chi connectivity index (χ0v) is 6.54. The van der Waals surface area contributed by atoms with E-state index in [1.165, 1.54) is 0 Å². The fourth-order valence-corrected chi connectivity index (χ4v) is 0.283. The topological polar surface area (TPSA) is 72.2 Å². The lowest BCUT2D eigenvalue weighted by Crippen LogP contribution is -2.56. The molecule has 0 aromatic rings. The quantitative estimate of drug-likeness (QED) is 0.144. The van der Waals surface area contributed by atoms with Gasteiger partial charge in [0.15, 0.2) is 0 Å². The molecule has 0 atom stereocenters. The maximum absolute atomic E-state index is 2.63. The fraction of sp³-hybridized carbons (Fsp3) is 1.00. The van der Waals surface area contributed by atoms with Crippen molar-refractivity contribution in [2.24, 2.45) is 0 Å². The van der Waals surface area contributed by atoms with Crippen LogP contribution in [0.4, 0.5) is 0 Å². The highest BCUT2D eigenvalue weighted by Crippen LogP contribution is 1.51. The Morgan fingerprint density at radius 3 is 2.12 bits per heavy atom. The lowest BCUT2D eigenvalue weighted by molar-refractivity contribution is 0.338. The molecule has 0 aromatic heterocycles. The first-order chi connectivity index (χ1) is 3.91. The molecule has 0 unspecified atom stereocenters. The Labute approximate surface area is 61.5 Å². The zero-order valence-electron chi connectivity index (χ0n) is 4.38. The average Bonchev–Trinajstić information content (AvgIpc) is 1.81. The van der Waals surface area contributed by atoms with E-state index in [0.717, 1.165) is 0 Å². The van der Waals surface area contributed by atoms with Crippen molar-refractivity contribution in [2.75, 3.05) is 7.05 Å². The Morgan fingerprint density at radius 1 is 1.00 bits per heavy atom. The lowest BCUT2D eigenvalue weighted by atomic mass is 11.5. The van der Waals surface area contributed by atoms with Gasteiger partial charge in [0.2, 0.25) is 0 Å². The van der Waals surface area contributed by atoms with Gasteiger partial charge in [-0.3, -0.25) is 0 Å². The Hall–Kier alpha value is 0.490. The van der Waals surface area contributed by atoms with E-state index >= 15 is 0 Å². The number of nitrogens with one attached hydrogen (secondary N) is 6. The molecule has 6 N–H and O–H groups in total. The summed E-state index contributed by atoms with van der Waals surface area (Å²) in [4.78, 5) is 0. The second-order valence-corrected chi connectivity index (χ2v) is 1.38. The summed E-state index contributed by atoms with van der Waals surface area (Å²) in [5.74, 6) is 0. The van der Waals surface area contributed by atoms with Gasteiger partial charge in [0.05, 0.1) is 0 Å². The van der Waals surface area contributed by atoms with Crippen LogP contribution < -0.4 is 31.2 Å². The van der Waals surface area contributed by atoms with Gasteiger partial charge in [0.25, 0.3) is 0 Å². The lowest BCUT2D eigenvalue weighted by Gasteiger charge is -2.05. The second kappa shape index (κ2) is 7.49. The molecule has 0 aromatic carbocycles. The largest absolute Gasteiger partial charge is 0.246 e. The minimum absolute atomic E-state index is 1.74. The highest BCUT2D eigenvalue weighted by Gasteiger charge is 1.72. The monoisotopic (exact) mass is 232 g/mol. The van der Waals surface area contributed by atoms with E-state index in [2.05, 4.69) is 31.2 Å². The highest BCUT2D eigenvalue weighted by molar-refractivity contribution is 14.1. The predicted molar refractivity (Wildman–Crippen MR) is 38.8 cm³/mol. The van der Waals surface area contributed by atoms with Crippen molar-refractivity contribution in [2.45, 2.75) is 0 Å². The summed E-state index contributed by atoms with van der Waals surface area (Å²) in [6, 6.07) is 0. The second-order valence-electron chi connectivity index (χ2n) is 0.844. The summed E-state index contributed by atoms with van der Waals surface area (Å²) in [5.41, 5.74) is 12.8. The van der Waals surface area contributed by atoms with Gasteiger partial charge < -0.3 is 0 Å². The highest BCUT2D eigenvalue weighted by atomic mass is 127. The van der Waals surface area contributed by atoms with Crippen LogP contribution in [0.1, 0.15) is 0 Å². The smallest absolute Gasteiger partial charge is 0.0347 e. The Balaban J connectivity index is 2.53. The summed E-state index contributed by atoms with van der Waals surface area (Å²) in [6.45, 7) is 0. The first kappa shape index (κ1) is 8.49. The molecule has 8 heavy (non-hydrogen) atoms. The van der Waals surface area contributed by atoms with E-state index in [9.17, 15) is 0 Å². The number of hydrogen-bond donors (Lipinski definition) is 6.